The van der Waals surface area contributed by atoms with E-state index in [0.29, 0.717) is 33.0 Å². The molecule has 0 aliphatic heterocycles. The van der Waals surface area contributed by atoms with Gasteiger partial charge in [-0.15, -0.1) is 0 Å². The number of anilines is 1. The fourth-order valence-electron chi connectivity index (χ4n) is 2.88. The first-order valence-corrected chi connectivity index (χ1v) is 10.1. The van der Waals surface area contributed by atoms with Gasteiger partial charge in [-0.25, -0.2) is 13.1 Å². The van der Waals surface area contributed by atoms with E-state index in [0.717, 1.165) is 12.8 Å². The Morgan fingerprint density at radius 1 is 1.29 bits per heavy atom. The van der Waals surface area contributed by atoms with Crippen LogP contribution in [0.5, 0.6) is 0 Å². The second kappa shape index (κ2) is 6.98. The number of sulfonamides is 1. The van der Waals surface area contributed by atoms with Crippen molar-refractivity contribution < 1.29 is 8.42 Å². The van der Waals surface area contributed by atoms with Crippen molar-refractivity contribution >= 4 is 47.6 Å². The zero-order valence-electron chi connectivity index (χ0n) is 11.9. The molecule has 1 saturated carbocycles. The van der Waals surface area contributed by atoms with Crippen LogP contribution in [-0.4, -0.2) is 15.0 Å². The van der Waals surface area contributed by atoms with Crippen LogP contribution in [0, 0.1) is 11.8 Å². The maximum absolute atomic E-state index is 12.5. The van der Waals surface area contributed by atoms with Crippen molar-refractivity contribution in [3.05, 3.63) is 21.1 Å². The quantitative estimate of drug-likeness (QED) is 0.698. The molecule has 1 fully saturated rings. The molecule has 7 heteroatoms. The van der Waals surface area contributed by atoms with Crippen molar-refractivity contribution in [2.24, 2.45) is 11.8 Å². The van der Waals surface area contributed by atoms with E-state index in [1.165, 1.54) is 12.8 Å². The molecular weight excluding hydrogens is 420 g/mol. The van der Waals surface area contributed by atoms with E-state index in [1.807, 2.05) is 0 Å². The van der Waals surface area contributed by atoms with E-state index in [4.69, 9.17) is 5.73 Å². The lowest BCUT2D eigenvalue weighted by Gasteiger charge is -2.26. The average molecular weight is 440 g/mol. The predicted molar refractivity (Wildman–Crippen MR) is 92.6 cm³/mol. The smallest absolute Gasteiger partial charge is 0.242 e. The minimum Gasteiger partial charge on any atom is -0.399 e. The van der Waals surface area contributed by atoms with E-state index in [9.17, 15) is 8.42 Å². The van der Waals surface area contributed by atoms with Crippen molar-refractivity contribution in [1.29, 1.82) is 0 Å². The molecule has 0 spiro atoms. The van der Waals surface area contributed by atoms with Gasteiger partial charge in [-0.05, 0) is 68.7 Å². The lowest BCUT2D eigenvalue weighted by molar-refractivity contribution is 0.283. The van der Waals surface area contributed by atoms with E-state index < -0.39 is 10.0 Å². The molecule has 4 nitrogen and oxygen atoms in total. The van der Waals surface area contributed by atoms with Gasteiger partial charge in [0.1, 0.15) is 4.90 Å². The Kier molecular flexibility index (Phi) is 5.73. The topological polar surface area (TPSA) is 72.2 Å². The lowest BCUT2D eigenvalue weighted by atomic mass is 9.83. The number of rotatable bonds is 4. The van der Waals surface area contributed by atoms with Crippen molar-refractivity contribution in [1.82, 2.24) is 4.72 Å². The Morgan fingerprint density at radius 3 is 2.48 bits per heavy atom. The van der Waals surface area contributed by atoms with Gasteiger partial charge in [-0.2, -0.15) is 0 Å². The van der Waals surface area contributed by atoms with Gasteiger partial charge in [0.05, 0.1) is 0 Å². The standard InChI is InChI=1S/C14H20Br2N2O2S/c1-9-3-2-4-10(5-9)8-18-21(19,20)14-12(15)6-11(17)7-13(14)16/h6-7,9-10,18H,2-5,8,17H2,1H3. The van der Waals surface area contributed by atoms with Crippen molar-refractivity contribution in [3.63, 3.8) is 0 Å². The Hall–Kier alpha value is -0.110. The van der Waals surface area contributed by atoms with Crippen molar-refractivity contribution in [2.75, 3.05) is 12.3 Å². The van der Waals surface area contributed by atoms with Gasteiger partial charge >= 0.3 is 0 Å². The number of hydrogen-bond donors (Lipinski definition) is 2. The van der Waals surface area contributed by atoms with Gasteiger partial charge < -0.3 is 5.73 Å². The third-order valence-corrected chi connectivity index (χ3v) is 7.20. The molecule has 2 rings (SSSR count). The van der Waals surface area contributed by atoms with Crippen LogP contribution in [0.2, 0.25) is 0 Å². The molecule has 0 radical (unpaired) electrons. The summed E-state index contributed by atoms with van der Waals surface area (Å²) >= 11 is 6.56. The Bertz CT molecular complexity index is 596. The van der Waals surface area contributed by atoms with Crippen LogP contribution in [0.1, 0.15) is 32.6 Å². The van der Waals surface area contributed by atoms with Gasteiger partial charge in [0, 0.05) is 21.2 Å². The zero-order valence-corrected chi connectivity index (χ0v) is 15.9. The summed E-state index contributed by atoms with van der Waals surface area (Å²) in [7, 11) is -3.55. The monoisotopic (exact) mass is 438 g/mol. The summed E-state index contributed by atoms with van der Waals surface area (Å²) in [6.45, 7) is 2.73. The van der Waals surface area contributed by atoms with Crippen LogP contribution >= 0.6 is 31.9 Å². The van der Waals surface area contributed by atoms with Crippen LogP contribution in [0.3, 0.4) is 0 Å². The number of nitrogens with two attached hydrogens (primary N) is 1. The van der Waals surface area contributed by atoms with Crippen molar-refractivity contribution in [3.8, 4) is 0 Å². The highest BCUT2D eigenvalue weighted by Gasteiger charge is 2.25. The zero-order chi connectivity index (χ0) is 15.6. The molecule has 1 aromatic carbocycles. The predicted octanol–water partition coefficient (Wildman–Crippen LogP) is 3.90. The Morgan fingerprint density at radius 2 is 1.90 bits per heavy atom. The summed E-state index contributed by atoms with van der Waals surface area (Å²) in [5.41, 5.74) is 6.21. The largest absolute Gasteiger partial charge is 0.399 e. The highest BCUT2D eigenvalue weighted by molar-refractivity contribution is 9.11. The van der Waals surface area contributed by atoms with Crippen LogP contribution in [0.15, 0.2) is 26.0 Å². The molecule has 0 saturated heterocycles. The van der Waals surface area contributed by atoms with Crippen LogP contribution in [-0.2, 0) is 10.0 Å². The number of benzene rings is 1. The SMILES string of the molecule is CC1CCCC(CNS(=O)(=O)c2c(Br)cc(N)cc2Br)C1. The second-order valence-corrected chi connectivity index (χ2v) is 9.22. The van der Waals surface area contributed by atoms with Crippen LogP contribution < -0.4 is 10.5 Å². The summed E-state index contributed by atoms with van der Waals surface area (Å²) in [6.07, 6.45) is 4.62. The molecule has 21 heavy (non-hydrogen) atoms. The fourth-order valence-corrected chi connectivity index (χ4v) is 6.61. The number of hydrogen-bond acceptors (Lipinski definition) is 3. The first-order chi connectivity index (χ1) is 9.79. The molecule has 0 bridgehead atoms. The normalized spacial score (nSPS) is 23.2. The summed E-state index contributed by atoms with van der Waals surface area (Å²) in [4.78, 5) is 0.209. The molecule has 0 aromatic heterocycles. The third-order valence-electron chi connectivity index (χ3n) is 3.90. The van der Waals surface area contributed by atoms with E-state index in [-0.39, 0.29) is 4.90 Å². The maximum atomic E-state index is 12.5. The highest BCUT2D eigenvalue weighted by Crippen LogP contribution is 2.33. The summed E-state index contributed by atoms with van der Waals surface area (Å²) in [5, 5.41) is 0. The van der Waals surface area contributed by atoms with Crippen molar-refractivity contribution in [2.45, 2.75) is 37.5 Å². The number of halogens is 2. The van der Waals surface area contributed by atoms with Gasteiger partial charge in [0.15, 0.2) is 0 Å². The Balaban J connectivity index is 2.12. The van der Waals surface area contributed by atoms with Gasteiger partial charge in [0.25, 0.3) is 0 Å². The molecule has 118 valence electrons. The number of nitrogen functional groups attached to an aromatic ring is 1. The average Bonchev–Trinajstić information content (AvgIpc) is 2.35. The molecular formula is C14H20Br2N2O2S. The molecule has 3 N–H and O–H groups in total. The van der Waals surface area contributed by atoms with Crippen LogP contribution in [0.25, 0.3) is 0 Å². The number of nitrogens with one attached hydrogen (secondary N) is 1. The van der Waals surface area contributed by atoms with E-state index >= 15 is 0 Å². The molecule has 1 aliphatic rings. The second-order valence-electron chi connectivity index (χ2n) is 5.80. The fraction of sp³-hybridized carbons (Fsp3) is 0.571. The molecule has 0 amide bonds. The van der Waals surface area contributed by atoms with Gasteiger partial charge in [-0.1, -0.05) is 19.8 Å². The first kappa shape index (κ1) is 17.2. The lowest BCUT2D eigenvalue weighted by Crippen LogP contribution is -2.32. The highest BCUT2D eigenvalue weighted by atomic mass is 79.9. The summed E-state index contributed by atoms with van der Waals surface area (Å²) < 4.78 is 28.7. The third kappa shape index (κ3) is 4.43. The summed E-state index contributed by atoms with van der Waals surface area (Å²) in [5.74, 6) is 1.11. The Labute approximate surface area is 143 Å². The first-order valence-electron chi connectivity index (χ1n) is 7.04. The maximum Gasteiger partial charge on any atom is 0.242 e. The van der Waals surface area contributed by atoms with Gasteiger partial charge in [-0.3, -0.25) is 0 Å². The van der Waals surface area contributed by atoms with E-state index in [1.54, 1.807) is 12.1 Å². The minimum atomic E-state index is -3.55. The summed E-state index contributed by atoms with van der Waals surface area (Å²) in [6, 6.07) is 3.20. The molecule has 1 aromatic rings. The van der Waals surface area contributed by atoms with E-state index in [2.05, 4.69) is 43.5 Å². The minimum absolute atomic E-state index is 0.209. The van der Waals surface area contributed by atoms with Gasteiger partial charge in [0.2, 0.25) is 10.0 Å². The molecule has 2 unspecified atom stereocenters. The van der Waals surface area contributed by atoms with Crippen LogP contribution in [0.4, 0.5) is 5.69 Å². The molecule has 1 aliphatic carbocycles. The molecule has 2 atom stereocenters. The molecule has 0 heterocycles.